The number of dihydropyridines is 1. The number of anilines is 1. The average Bonchev–Trinajstić information content (AvgIpc) is 3.16. The third-order valence-corrected chi connectivity index (χ3v) is 6.12. The van der Waals surface area contributed by atoms with Gasteiger partial charge in [0.25, 0.3) is 0 Å². The number of amides is 1. The molecule has 0 fully saturated rings. The molecule has 29 heavy (non-hydrogen) atoms. The van der Waals surface area contributed by atoms with Gasteiger partial charge in [-0.05, 0) is 43.5 Å². The molecule has 0 saturated carbocycles. The zero-order chi connectivity index (χ0) is 20.8. The number of nitrogens with two attached hydrogens (primary N) is 1. The quantitative estimate of drug-likeness (QED) is 0.548. The van der Waals surface area contributed by atoms with Crippen molar-refractivity contribution in [1.82, 2.24) is 20.1 Å². The van der Waals surface area contributed by atoms with Crippen LogP contribution in [0.3, 0.4) is 0 Å². The van der Waals surface area contributed by atoms with Crippen LogP contribution in [-0.2, 0) is 11.3 Å². The van der Waals surface area contributed by atoms with Crippen LogP contribution in [0.2, 0.25) is 0 Å². The molecular weight excluding hydrogens is 406 g/mol. The van der Waals surface area contributed by atoms with Crippen molar-refractivity contribution in [3.63, 3.8) is 0 Å². The summed E-state index contributed by atoms with van der Waals surface area (Å²) in [5, 5.41) is 15.3. The van der Waals surface area contributed by atoms with Gasteiger partial charge in [-0.15, -0.1) is 22.0 Å². The summed E-state index contributed by atoms with van der Waals surface area (Å²) in [6.07, 6.45) is 3.93. The van der Waals surface area contributed by atoms with Crippen LogP contribution in [0.5, 0.6) is 0 Å². The Labute approximate surface area is 178 Å². The van der Waals surface area contributed by atoms with Crippen LogP contribution in [-0.4, -0.2) is 58.0 Å². The number of likely N-dealkylation sites (N-methyl/N-ethyl adjacent to an activating group) is 1. The molecule has 8 nitrogen and oxygen atoms in total. The first-order valence-corrected chi connectivity index (χ1v) is 11.5. The lowest BCUT2D eigenvalue weighted by atomic mass is 10.1. The average molecular weight is 432 g/mol. The summed E-state index contributed by atoms with van der Waals surface area (Å²) >= 11 is 3.02. The number of nitrogens with zero attached hydrogens (tertiary/aromatic N) is 4. The molecule has 154 valence electrons. The van der Waals surface area contributed by atoms with E-state index < -0.39 is 0 Å². The largest absolute Gasteiger partial charge is 0.390 e. The standard InChI is InChI=1S/C19H25N7OS2/c1-4-26-18(16-9-15(21-2)14(20)10-22-16)24-25-19(26)29-11-17(27)23-12-5-7-13(28-3)8-6-12/h5-9,14,21H,4,10-11,20H2,1-3H3,(H,23,27). The van der Waals surface area contributed by atoms with Gasteiger partial charge < -0.3 is 20.9 Å². The number of aliphatic imine (C=N–C) groups is 1. The maximum absolute atomic E-state index is 12.3. The monoisotopic (exact) mass is 431 g/mol. The van der Waals surface area contributed by atoms with Gasteiger partial charge in [0.05, 0.1) is 18.3 Å². The highest BCUT2D eigenvalue weighted by Gasteiger charge is 2.21. The Kier molecular flexibility index (Phi) is 7.34. The van der Waals surface area contributed by atoms with E-state index in [0.29, 0.717) is 24.1 Å². The summed E-state index contributed by atoms with van der Waals surface area (Å²) in [4.78, 5) is 18.0. The molecule has 0 radical (unpaired) electrons. The summed E-state index contributed by atoms with van der Waals surface area (Å²) in [7, 11) is 1.84. The Morgan fingerprint density at radius 3 is 2.72 bits per heavy atom. The lowest BCUT2D eigenvalue weighted by Gasteiger charge is -2.19. The minimum atomic E-state index is -0.135. The highest BCUT2D eigenvalue weighted by molar-refractivity contribution is 7.99. The molecule has 1 aromatic carbocycles. The number of hydrogen-bond acceptors (Lipinski definition) is 8. The predicted octanol–water partition coefficient (Wildman–Crippen LogP) is 1.98. The topological polar surface area (TPSA) is 110 Å². The number of carbonyl (C=O) groups is 1. The van der Waals surface area contributed by atoms with Crippen molar-refractivity contribution in [2.75, 3.05) is 30.9 Å². The number of aromatic nitrogens is 3. The van der Waals surface area contributed by atoms with E-state index in [0.717, 1.165) is 22.0 Å². The normalized spacial score (nSPS) is 16.2. The van der Waals surface area contributed by atoms with Gasteiger partial charge >= 0.3 is 0 Å². The highest BCUT2D eigenvalue weighted by Crippen LogP contribution is 2.21. The minimum absolute atomic E-state index is 0.0857. The van der Waals surface area contributed by atoms with E-state index in [2.05, 4.69) is 25.8 Å². The van der Waals surface area contributed by atoms with E-state index in [1.165, 1.54) is 11.8 Å². The first-order chi connectivity index (χ1) is 14.0. The predicted molar refractivity (Wildman–Crippen MR) is 120 cm³/mol. The van der Waals surface area contributed by atoms with Gasteiger partial charge in [0, 0.05) is 29.9 Å². The van der Waals surface area contributed by atoms with Crippen LogP contribution in [0.25, 0.3) is 0 Å². The number of allylic oxidation sites excluding steroid dienone is 1. The van der Waals surface area contributed by atoms with E-state index in [1.54, 1.807) is 11.8 Å². The van der Waals surface area contributed by atoms with E-state index >= 15 is 0 Å². The van der Waals surface area contributed by atoms with Gasteiger partial charge in [-0.25, -0.2) is 0 Å². The second-order valence-electron chi connectivity index (χ2n) is 6.30. The molecule has 3 rings (SSSR count). The molecule has 0 spiro atoms. The Morgan fingerprint density at radius 1 is 1.31 bits per heavy atom. The van der Waals surface area contributed by atoms with Crippen LogP contribution >= 0.6 is 23.5 Å². The Balaban J connectivity index is 1.66. The zero-order valence-corrected chi connectivity index (χ0v) is 18.3. The molecule has 2 heterocycles. The van der Waals surface area contributed by atoms with Gasteiger partial charge in [-0.2, -0.15) is 0 Å². The maximum Gasteiger partial charge on any atom is 0.234 e. The van der Waals surface area contributed by atoms with E-state index in [9.17, 15) is 4.79 Å². The highest BCUT2D eigenvalue weighted by atomic mass is 32.2. The van der Waals surface area contributed by atoms with Crippen LogP contribution in [0.1, 0.15) is 12.7 Å². The Hall–Kier alpha value is -2.30. The Bertz CT molecular complexity index is 921. The third-order valence-electron chi connectivity index (χ3n) is 4.41. The van der Waals surface area contributed by atoms with Crippen molar-refractivity contribution < 1.29 is 4.79 Å². The SMILES string of the molecule is CCn1c(SCC(=O)Nc2ccc(SC)cc2)nnc1C1=NCC(N)C(NC)=C1. The number of thioether (sulfide) groups is 2. The molecule has 0 bridgehead atoms. The lowest BCUT2D eigenvalue weighted by Crippen LogP contribution is -2.36. The van der Waals surface area contributed by atoms with Gasteiger partial charge in [0.2, 0.25) is 5.91 Å². The van der Waals surface area contributed by atoms with E-state index in [1.807, 2.05) is 55.1 Å². The van der Waals surface area contributed by atoms with Crippen LogP contribution < -0.4 is 16.4 Å². The molecule has 1 aliphatic heterocycles. The summed E-state index contributed by atoms with van der Waals surface area (Å²) in [5.41, 5.74) is 8.48. The van der Waals surface area contributed by atoms with Crippen molar-refractivity contribution >= 4 is 40.8 Å². The van der Waals surface area contributed by atoms with Crippen molar-refractivity contribution in [1.29, 1.82) is 0 Å². The number of carbonyl (C=O) groups excluding carboxylic acids is 1. The molecule has 1 aliphatic rings. The minimum Gasteiger partial charge on any atom is -0.390 e. The van der Waals surface area contributed by atoms with Crippen LogP contribution in [0.4, 0.5) is 5.69 Å². The number of nitrogens with one attached hydrogen (secondary N) is 2. The van der Waals surface area contributed by atoms with Crippen LogP contribution in [0, 0.1) is 0 Å². The van der Waals surface area contributed by atoms with Gasteiger partial charge in [0.1, 0.15) is 5.71 Å². The third kappa shape index (κ3) is 5.20. The van der Waals surface area contributed by atoms with Crippen molar-refractivity contribution in [2.45, 2.75) is 29.6 Å². The molecule has 1 unspecified atom stereocenters. The van der Waals surface area contributed by atoms with Gasteiger partial charge in [-0.1, -0.05) is 11.8 Å². The first kappa shape index (κ1) is 21.4. The summed E-state index contributed by atoms with van der Waals surface area (Å²) in [6.45, 7) is 3.19. The molecule has 0 aliphatic carbocycles. The zero-order valence-electron chi connectivity index (χ0n) is 16.7. The van der Waals surface area contributed by atoms with Crippen LogP contribution in [0.15, 0.2) is 51.1 Å². The summed E-state index contributed by atoms with van der Waals surface area (Å²) in [5.74, 6) is 0.845. The van der Waals surface area contributed by atoms with Gasteiger partial charge in [-0.3, -0.25) is 9.79 Å². The van der Waals surface area contributed by atoms with E-state index in [4.69, 9.17) is 5.73 Å². The van der Waals surface area contributed by atoms with Crippen molar-refractivity contribution in [3.05, 3.63) is 41.9 Å². The molecule has 1 aromatic heterocycles. The second kappa shape index (κ2) is 9.95. The van der Waals surface area contributed by atoms with Gasteiger partial charge in [0.15, 0.2) is 11.0 Å². The first-order valence-electron chi connectivity index (χ1n) is 9.25. The van der Waals surface area contributed by atoms with E-state index in [-0.39, 0.29) is 17.7 Å². The number of rotatable bonds is 8. The fraction of sp³-hybridized carbons (Fsp3) is 0.368. The smallest absolute Gasteiger partial charge is 0.234 e. The molecule has 1 atom stereocenters. The maximum atomic E-state index is 12.3. The molecule has 0 saturated heterocycles. The number of hydrogen-bond donors (Lipinski definition) is 3. The fourth-order valence-corrected chi connectivity index (χ4v) is 4.07. The molecule has 1 amide bonds. The molecule has 2 aromatic rings. The Morgan fingerprint density at radius 2 is 2.07 bits per heavy atom. The van der Waals surface area contributed by atoms with Crippen molar-refractivity contribution in [2.24, 2.45) is 10.7 Å². The summed E-state index contributed by atoms with van der Waals surface area (Å²) < 4.78 is 1.96. The molecule has 4 N–H and O–H groups in total. The molecule has 10 heteroatoms. The lowest BCUT2D eigenvalue weighted by molar-refractivity contribution is -0.113. The second-order valence-corrected chi connectivity index (χ2v) is 8.12. The molecular formula is C19H25N7OS2. The fourth-order valence-electron chi connectivity index (χ4n) is 2.86. The summed E-state index contributed by atoms with van der Waals surface area (Å²) in [6, 6.07) is 7.63. The van der Waals surface area contributed by atoms with Crippen molar-refractivity contribution in [3.8, 4) is 0 Å². The number of benzene rings is 1.